The third kappa shape index (κ3) is 3.51. The summed E-state index contributed by atoms with van der Waals surface area (Å²) in [5.74, 6) is 0.115. The Morgan fingerprint density at radius 1 is 1.29 bits per heavy atom. The highest BCUT2D eigenvalue weighted by atomic mass is 16.5. The van der Waals surface area contributed by atoms with Crippen LogP contribution in [-0.4, -0.2) is 29.8 Å². The van der Waals surface area contributed by atoms with E-state index in [0.717, 1.165) is 5.56 Å². The summed E-state index contributed by atoms with van der Waals surface area (Å²) < 4.78 is 6.23. The van der Waals surface area contributed by atoms with Crippen LogP contribution in [0.4, 0.5) is 11.5 Å². The minimum atomic E-state index is -0.530. The van der Waals surface area contributed by atoms with Gasteiger partial charge in [0.05, 0.1) is 13.2 Å². The van der Waals surface area contributed by atoms with Crippen LogP contribution in [0.5, 0.6) is 0 Å². The van der Waals surface area contributed by atoms with Crippen LogP contribution in [0.25, 0.3) is 0 Å². The molecule has 0 amide bonds. The van der Waals surface area contributed by atoms with Gasteiger partial charge in [0.1, 0.15) is 11.5 Å². The van der Waals surface area contributed by atoms with Crippen molar-refractivity contribution in [2.45, 2.75) is 6.54 Å². The third-order valence-electron chi connectivity index (χ3n) is 3.03. The van der Waals surface area contributed by atoms with Crippen LogP contribution < -0.4 is 22.3 Å². The number of hydrogen-bond acceptors (Lipinski definition) is 5. The molecule has 0 radical (unpaired) electrons. The van der Waals surface area contributed by atoms with E-state index < -0.39 is 11.2 Å². The average molecular weight is 290 g/mol. The van der Waals surface area contributed by atoms with Crippen LogP contribution in [0.2, 0.25) is 0 Å². The van der Waals surface area contributed by atoms with Gasteiger partial charge in [0.25, 0.3) is 5.56 Å². The zero-order valence-electron chi connectivity index (χ0n) is 11.8. The maximum atomic E-state index is 11.9. The second kappa shape index (κ2) is 6.76. The second-order valence-corrected chi connectivity index (χ2v) is 4.51. The SMILES string of the molecule is COCCNc1c(N)n(Cc2ccccc2)c(=O)[nH]c1=O. The van der Waals surface area contributed by atoms with Gasteiger partial charge in [0.15, 0.2) is 0 Å². The number of hydrogen-bond donors (Lipinski definition) is 3. The molecule has 0 saturated heterocycles. The summed E-state index contributed by atoms with van der Waals surface area (Å²) in [7, 11) is 1.56. The summed E-state index contributed by atoms with van der Waals surface area (Å²) in [4.78, 5) is 26.0. The number of benzene rings is 1. The number of aromatic nitrogens is 2. The van der Waals surface area contributed by atoms with E-state index in [-0.39, 0.29) is 11.5 Å². The molecule has 7 heteroatoms. The van der Waals surface area contributed by atoms with E-state index in [1.165, 1.54) is 4.57 Å². The predicted octanol–water partition coefficient (Wildman–Crippen LogP) is 0.225. The Bertz CT molecular complexity index is 706. The van der Waals surface area contributed by atoms with Crippen molar-refractivity contribution in [3.8, 4) is 0 Å². The Morgan fingerprint density at radius 2 is 2.00 bits per heavy atom. The molecule has 0 aliphatic heterocycles. The number of nitrogen functional groups attached to an aromatic ring is 1. The molecule has 2 aromatic rings. The zero-order chi connectivity index (χ0) is 15.2. The first kappa shape index (κ1) is 14.9. The molecule has 0 spiro atoms. The summed E-state index contributed by atoms with van der Waals surface area (Å²) in [6.45, 7) is 1.14. The van der Waals surface area contributed by atoms with Gasteiger partial charge in [-0.15, -0.1) is 0 Å². The van der Waals surface area contributed by atoms with Crippen LogP contribution in [-0.2, 0) is 11.3 Å². The van der Waals surface area contributed by atoms with Crippen molar-refractivity contribution in [2.24, 2.45) is 0 Å². The Hall–Kier alpha value is -2.54. The van der Waals surface area contributed by atoms with E-state index in [4.69, 9.17) is 10.5 Å². The maximum absolute atomic E-state index is 11.9. The van der Waals surface area contributed by atoms with Gasteiger partial charge in [-0.25, -0.2) is 4.79 Å². The number of nitrogens with zero attached hydrogens (tertiary/aromatic N) is 1. The first-order valence-electron chi connectivity index (χ1n) is 6.53. The van der Waals surface area contributed by atoms with Gasteiger partial charge in [-0.1, -0.05) is 30.3 Å². The van der Waals surface area contributed by atoms with E-state index in [0.29, 0.717) is 19.7 Å². The van der Waals surface area contributed by atoms with Gasteiger partial charge in [-0.3, -0.25) is 14.3 Å². The highest BCUT2D eigenvalue weighted by Crippen LogP contribution is 2.11. The van der Waals surface area contributed by atoms with Crippen LogP contribution in [0, 0.1) is 0 Å². The average Bonchev–Trinajstić information content (AvgIpc) is 2.48. The molecule has 1 aromatic carbocycles. The Kier molecular flexibility index (Phi) is 4.78. The van der Waals surface area contributed by atoms with E-state index in [2.05, 4.69) is 10.3 Å². The molecule has 0 aliphatic carbocycles. The topological polar surface area (TPSA) is 102 Å². The molecule has 112 valence electrons. The number of anilines is 2. The molecule has 0 saturated carbocycles. The lowest BCUT2D eigenvalue weighted by atomic mass is 10.2. The molecule has 0 fully saturated rings. The summed E-state index contributed by atoms with van der Waals surface area (Å²) in [5.41, 5.74) is 6.00. The number of rotatable bonds is 6. The summed E-state index contributed by atoms with van der Waals surface area (Å²) in [5, 5.41) is 2.88. The second-order valence-electron chi connectivity index (χ2n) is 4.51. The Labute approximate surface area is 121 Å². The first-order chi connectivity index (χ1) is 10.1. The highest BCUT2D eigenvalue weighted by molar-refractivity contribution is 5.60. The van der Waals surface area contributed by atoms with Crippen molar-refractivity contribution in [3.63, 3.8) is 0 Å². The fourth-order valence-electron chi connectivity index (χ4n) is 1.96. The van der Waals surface area contributed by atoms with Crippen molar-refractivity contribution < 1.29 is 4.74 Å². The van der Waals surface area contributed by atoms with Gasteiger partial charge in [0.2, 0.25) is 0 Å². The number of H-pyrrole nitrogens is 1. The van der Waals surface area contributed by atoms with Crippen molar-refractivity contribution in [1.29, 1.82) is 0 Å². The largest absolute Gasteiger partial charge is 0.383 e. The zero-order valence-corrected chi connectivity index (χ0v) is 11.8. The van der Waals surface area contributed by atoms with Gasteiger partial charge in [-0.05, 0) is 5.56 Å². The lowest BCUT2D eigenvalue weighted by Gasteiger charge is -2.13. The smallest absolute Gasteiger partial charge is 0.330 e. The number of nitrogens with two attached hydrogens (primary N) is 1. The maximum Gasteiger partial charge on any atom is 0.330 e. The van der Waals surface area contributed by atoms with E-state index in [9.17, 15) is 9.59 Å². The van der Waals surface area contributed by atoms with Crippen molar-refractivity contribution in [2.75, 3.05) is 31.3 Å². The summed E-state index contributed by atoms with van der Waals surface area (Å²) in [6, 6.07) is 9.41. The van der Waals surface area contributed by atoms with Gasteiger partial charge >= 0.3 is 5.69 Å². The molecule has 0 atom stereocenters. The molecule has 7 nitrogen and oxygen atoms in total. The number of ether oxygens (including phenoxy) is 1. The molecule has 0 aliphatic rings. The fourth-order valence-corrected chi connectivity index (χ4v) is 1.96. The van der Waals surface area contributed by atoms with Crippen molar-refractivity contribution >= 4 is 11.5 Å². The minimum Gasteiger partial charge on any atom is -0.383 e. The van der Waals surface area contributed by atoms with Crippen LogP contribution >= 0.6 is 0 Å². The summed E-state index contributed by atoms with van der Waals surface area (Å²) >= 11 is 0. The van der Waals surface area contributed by atoms with Crippen molar-refractivity contribution in [3.05, 3.63) is 56.7 Å². The monoisotopic (exact) mass is 290 g/mol. The number of nitrogens with one attached hydrogen (secondary N) is 2. The first-order valence-corrected chi connectivity index (χ1v) is 6.53. The lowest BCUT2D eigenvalue weighted by molar-refractivity contribution is 0.210. The van der Waals surface area contributed by atoms with E-state index >= 15 is 0 Å². The van der Waals surface area contributed by atoms with Gasteiger partial charge in [0, 0.05) is 13.7 Å². The molecule has 1 heterocycles. The van der Waals surface area contributed by atoms with Gasteiger partial charge in [-0.2, -0.15) is 0 Å². The number of aromatic amines is 1. The standard InChI is InChI=1S/C14H18N4O3/c1-21-8-7-16-11-12(15)18(14(20)17-13(11)19)9-10-5-3-2-4-6-10/h2-6,16H,7-9,15H2,1H3,(H,17,19,20). The van der Waals surface area contributed by atoms with E-state index in [1.807, 2.05) is 30.3 Å². The molecule has 0 unspecified atom stereocenters. The summed E-state index contributed by atoms with van der Waals surface area (Å²) in [6.07, 6.45) is 0. The van der Waals surface area contributed by atoms with Crippen LogP contribution in [0.15, 0.2) is 39.9 Å². The number of methoxy groups -OCH3 is 1. The lowest BCUT2D eigenvalue weighted by Crippen LogP contribution is -2.34. The van der Waals surface area contributed by atoms with Crippen LogP contribution in [0.1, 0.15) is 5.56 Å². The Balaban J connectivity index is 2.35. The predicted molar refractivity (Wildman–Crippen MR) is 81.6 cm³/mol. The molecule has 4 N–H and O–H groups in total. The molecular weight excluding hydrogens is 272 g/mol. The van der Waals surface area contributed by atoms with Crippen LogP contribution in [0.3, 0.4) is 0 Å². The molecule has 21 heavy (non-hydrogen) atoms. The highest BCUT2D eigenvalue weighted by Gasteiger charge is 2.12. The molecule has 1 aromatic heterocycles. The third-order valence-corrected chi connectivity index (χ3v) is 3.03. The molecule has 0 bridgehead atoms. The molecule has 2 rings (SSSR count). The minimum absolute atomic E-state index is 0.115. The van der Waals surface area contributed by atoms with E-state index in [1.54, 1.807) is 7.11 Å². The Morgan fingerprint density at radius 3 is 2.67 bits per heavy atom. The molecular formula is C14H18N4O3. The normalized spacial score (nSPS) is 10.5. The fraction of sp³-hybridized carbons (Fsp3) is 0.286. The van der Waals surface area contributed by atoms with Gasteiger partial charge < -0.3 is 15.8 Å². The quantitative estimate of drug-likeness (QED) is 0.661. The van der Waals surface area contributed by atoms with Crippen molar-refractivity contribution in [1.82, 2.24) is 9.55 Å².